The van der Waals surface area contributed by atoms with Gasteiger partial charge in [0.25, 0.3) is 0 Å². The van der Waals surface area contributed by atoms with Crippen LogP contribution >= 0.6 is 0 Å². The minimum atomic E-state index is -0.114. The van der Waals surface area contributed by atoms with Crippen LogP contribution in [0.3, 0.4) is 0 Å². The monoisotopic (exact) mass is 345 g/mol. The first-order valence-electron chi connectivity index (χ1n) is 8.67. The number of carbonyl (C=O) groups excluding carboxylic acids is 1. The largest absolute Gasteiger partial charge is 0.348 e. The molecule has 0 unspecified atom stereocenters. The van der Waals surface area contributed by atoms with Crippen molar-refractivity contribution in [2.75, 3.05) is 0 Å². The topological polar surface area (TPSA) is 46.9 Å². The first kappa shape index (κ1) is 17.7. The molecule has 0 radical (unpaired) electrons. The van der Waals surface area contributed by atoms with Crippen LogP contribution in [0, 0.1) is 20.8 Å². The number of aryl methyl sites for hydroxylation is 2. The van der Waals surface area contributed by atoms with Gasteiger partial charge >= 0.3 is 0 Å². The molecule has 0 saturated carbocycles. The molecule has 4 heteroatoms. The summed E-state index contributed by atoms with van der Waals surface area (Å²) < 4.78 is 1.90. The molecule has 1 N–H and O–H groups in total. The zero-order valence-corrected chi connectivity index (χ0v) is 15.4. The number of hydrogen-bond acceptors (Lipinski definition) is 2. The molecule has 1 aromatic heterocycles. The van der Waals surface area contributed by atoms with E-state index in [1.165, 1.54) is 5.56 Å². The lowest BCUT2D eigenvalue weighted by Gasteiger charge is -2.04. The standard InChI is InChI=1S/C22H23N3O/c1-16-9-11-19(12-10-16)15-23-22(26)14-13-21-17(2)24-25(18(21)3)20-7-5-4-6-8-20/h4-14H,15H2,1-3H3,(H,23,26)/b14-13+. The summed E-state index contributed by atoms with van der Waals surface area (Å²) in [7, 11) is 0. The van der Waals surface area contributed by atoms with Crippen LogP contribution in [0.1, 0.15) is 28.1 Å². The Kier molecular flexibility index (Phi) is 5.32. The molecule has 0 spiro atoms. The number of rotatable bonds is 5. The lowest BCUT2D eigenvalue weighted by atomic mass is 10.1. The van der Waals surface area contributed by atoms with E-state index in [0.29, 0.717) is 6.54 Å². The van der Waals surface area contributed by atoms with Crippen LogP contribution < -0.4 is 5.32 Å². The van der Waals surface area contributed by atoms with Crippen molar-refractivity contribution in [2.45, 2.75) is 27.3 Å². The lowest BCUT2D eigenvalue weighted by Crippen LogP contribution is -2.20. The number of nitrogens with zero attached hydrogens (tertiary/aromatic N) is 2. The van der Waals surface area contributed by atoms with Crippen molar-refractivity contribution in [1.29, 1.82) is 0 Å². The number of para-hydroxylation sites is 1. The molecule has 4 nitrogen and oxygen atoms in total. The van der Waals surface area contributed by atoms with E-state index in [1.807, 2.05) is 86.1 Å². The van der Waals surface area contributed by atoms with E-state index in [1.54, 1.807) is 6.08 Å². The fraction of sp³-hybridized carbons (Fsp3) is 0.182. The highest BCUT2D eigenvalue weighted by molar-refractivity contribution is 5.92. The second-order valence-electron chi connectivity index (χ2n) is 6.37. The van der Waals surface area contributed by atoms with E-state index < -0.39 is 0 Å². The van der Waals surface area contributed by atoms with Gasteiger partial charge in [-0.1, -0.05) is 48.0 Å². The minimum Gasteiger partial charge on any atom is -0.348 e. The third-order valence-electron chi connectivity index (χ3n) is 4.34. The molecule has 0 aliphatic heterocycles. The van der Waals surface area contributed by atoms with Gasteiger partial charge in [-0.15, -0.1) is 0 Å². The van der Waals surface area contributed by atoms with E-state index in [-0.39, 0.29) is 5.91 Å². The van der Waals surface area contributed by atoms with Crippen molar-refractivity contribution in [3.8, 4) is 5.69 Å². The quantitative estimate of drug-likeness (QED) is 0.707. The van der Waals surface area contributed by atoms with Crippen LogP contribution in [-0.2, 0) is 11.3 Å². The Morgan fingerprint density at radius 2 is 1.73 bits per heavy atom. The fourth-order valence-electron chi connectivity index (χ4n) is 2.83. The Morgan fingerprint density at radius 3 is 2.42 bits per heavy atom. The van der Waals surface area contributed by atoms with Crippen molar-refractivity contribution in [1.82, 2.24) is 15.1 Å². The third-order valence-corrected chi connectivity index (χ3v) is 4.34. The predicted octanol–water partition coefficient (Wildman–Crippen LogP) is 4.13. The number of nitrogens with one attached hydrogen (secondary N) is 1. The molecule has 0 fully saturated rings. The summed E-state index contributed by atoms with van der Waals surface area (Å²) in [6.45, 7) is 6.53. The Morgan fingerprint density at radius 1 is 1.04 bits per heavy atom. The average molecular weight is 345 g/mol. The van der Waals surface area contributed by atoms with E-state index in [4.69, 9.17) is 0 Å². The van der Waals surface area contributed by atoms with Crippen LogP contribution in [0.5, 0.6) is 0 Å². The van der Waals surface area contributed by atoms with Crippen molar-refractivity contribution in [3.05, 3.63) is 88.8 Å². The van der Waals surface area contributed by atoms with Crippen LogP contribution in [0.2, 0.25) is 0 Å². The third kappa shape index (κ3) is 4.09. The molecule has 3 aromatic rings. The zero-order chi connectivity index (χ0) is 18.5. The Labute approximate surface area is 154 Å². The maximum absolute atomic E-state index is 12.1. The molecular formula is C22H23N3O. The zero-order valence-electron chi connectivity index (χ0n) is 15.4. The minimum absolute atomic E-state index is 0.114. The van der Waals surface area contributed by atoms with Crippen LogP contribution in [0.15, 0.2) is 60.7 Å². The number of amides is 1. The normalized spacial score (nSPS) is 11.0. The second-order valence-corrected chi connectivity index (χ2v) is 6.37. The summed E-state index contributed by atoms with van der Waals surface area (Å²) in [5.41, 5.74) is 6.18. The molecule has 26 heavy (non-hydrogen) atoms. The van der Waals surface area contributed by atoms with Gasteiger partial charge in [-0.2, -0.15) is 5.10 Å². The van der Waals surface area contributed by atoms with Gasteiger partial charge in [-0.05, 0) is 44.5 Å². The number of hydrogen-bond donors (Lipinski definition) is 1. The van der Waals surface area contributed by atoms with Crippen molar-refractivity contribution >= 4 is 12.0 Å². The summed E-state index contributed by atoms with van der Waals surface area (Å²) in [5.74, 6) is -0.114. The molecule has 3 rings (SSSR count). The maximum atomic E-state index is 12.1. The van der Waals surface area contributed by atoms with Crippen LogP contribution in [0.4, 0.5) is 0 Å². The highest BCUT2D eigenvalue weighted by Crippen LogP contribution is 2.19. The number of benzene rings is 2. The van der Waals surface area contributed by atoms with Crippen molar-refractivity contribution in [2.24, 2.45) is 0 Å². The summed E-state index contributed by atoms with van der Waals surface area (Å²) in [6, 6.07) is 18.1. The summed E-state index contributed by atoms with van der Waals surface area (Å²) >= 11 is 0. The van der Waals surface area contributed by atoms with Gasteiger partial charge < -0.3 is 5.32 Å². The molecule has 0 aliphatic rings. The molecule has 0 aliphatic carbocycles. The molecule has 132 valence electrons. The van der Waals surface area contributed by atoms with E-state index in [2.05, 4.69) is 10.4 Å². The second kappa shape index (κ2) is 7.83. The first-order chi connectivity index (χ1) is 12.5. The smallest absolute Gasteiger partial charge is 0.244 e. The molecule has 0 atom stereocenters. The van der Waals surface area contributed by atoms with Crippen LogP contribution in [-0.4, -0.2) is 15.7 Å². The van der Waals surface area contributed by atoms with Crippen LogP contribution in [0.25, 0.3) is 11.8 Å². The Hall–Kier alpha value is -3.14. The average Bonchev–Trinajstić information content (AvgIpc) is 2.94. The van der Waals surface area contributed by atoms with Gasteiger partial charge in [0.15, 0.2) is 0 Å². The fourth-order valence-corrected chi connectivity index (χ4v) is 2.83. The van der Waals surface area contributed by atoms with E-state index >= 15 is 0 Å². The highest BCUT2D eigenvalue weighted by Gasteiger charge is 2.10. The maximum Gasteiger partial charge on any atom is 0.244 e. The summed E-state index contributed by atoms with van der Waals surface area (Å²) in [6.07, 6.45) is 3.40. The molecule has 2 aromatic carbocycles. The van der Waals surface area contributed by atoms with E-state index in [9.17, 15) is 4.79 Å². The molecule has 0 bridgehead atoms. The molecule has 1 heterocycles. The highest BCUT2D eigenvalue weighted by atomic mass is 16.1. The molecule has 1 amide bonds. The Bertz CT molecular complexity index is 922. The van der Waals surface area contributed by atoms with Gasteiger partial charge in [-0.25, -0.2) is 4.68 Å². The number of aromatic nitrogens is 2. The molecule has 0 saturated heterocycles. The molecular weight excluding hydrogens is 322 g/mol. The van der Waals surface area contributed by atoms with Gasteiger partial charge in [-0.3, -0.25) is 4.79 Å². The predicted molar refractivity (Wildman–Crippen MR) is 105 cm³/mol. The summed E-state index contributed by atoms with van der Waals surface area (Å²) in [5, 5.41) is 7.51. The van der Waals surface area contributed by atoms with Gasteiger partial charge in [0.2, 0.25) is 5.91 Å². The van der Waals surface area contributed by atoms with Crippen molar-refractivity contribution < 1.29 is 4.79 Å². The van der Waals surface area contributed by atoms with Gasteiger partial charge in [0.05, 0.1) is 11.4 Å². The van der Waals surface area contributed by atoms with Gasteiger partial charge in [0, 0.05) is 23.9 Å². The van der Waals surface area contributed by atoms with Crippen molar-refractivity contribution in [3.63, 3.8) is 0 Å². The number of carbonyl (C=O) groups is 1. The van der Waals surface area contributed by atoms with E-state index in [0.717, 1.165) is 28.2 Å². The Balaban J connectivity index is 1.69. The lowest BCUT2D eigenvalue weighted by molar-refractivity contribution is -0.116. The first-order valence-corrected chi connectivity index (χ1v) is 8.67. The summed E-state index contributed by atoms with van der Waals surface area (Å²) in [4.78, 5) is 12.1. The SMILES string of the molecule is Cc1ccc(CNC(=O)/C=C/c2c(C)nn(-c3ccccc3)c2C)cc1. The van der Waals surface area contributed by atoms with Gasteiger partial charge in [0.1, 0.15) is 0 Å².